The molecular formula is C18H15FN2O. The Kier molecular flexibility index (Phi) is 4.01. The van der Waals surface area contributed by atoms with E-state index in [4.69, 9.17) is 10.5 Å². The van der Waals surface area contributed by atoms with Gasteiger partial charge in [-0.1, -0.05) is 30.3 Å². The number of para-hydroxylation sites is 1. The summed E-state index contributed by atoms with van der Waals surface area (Å²) in [6.07, 6.45) is 3.36. The number of pyridine rings is 1. The maximum absolute atomic E-state index is 13.2. The minimum absolute atomic E-state index is 0.272. The second kappa shape index (κ2) is 6.26. The summed E-state index contributed by atoms with van der Waals surface area (Å²) >= 11 is 0. The fourth-order valence-electron chi connectivity index (χ4n) is 2.23. The number of ether oxygens (including phenoxy) is 1. The number of nitrogen functional groups attached to an aromatic ring is 1. The lowest BCUT2D eigenvalue weighted by molar-refractivity contribution is 0.307. The lowest BCUT2D eigenvalue weighted by Gasteiger charge is -2.13. The molecule has 0 fully saturated rings. The van der Waals surface area contributed by atoms with Crippen LogP contribution in [0.1, 0.15) is 5.56 Å². The second-order valence-electron chi connectivity index (χ2n) is 4.88. The number of hydrogen-bond donors (Lipinski definition) is 1. The normalized spacial score (nSPS) is 10.4. The molecule has 0 aliphatic heterocycles. The van der Waals surface area contributed by atoms with E-state index >= 15 is 0 Å². The summed E-state index contributed by atoms with van der Waals surface area (Å²) in [5.74, 6) is 0.414. The first kappa shape index (κ1) is 14.1. The third-order valence-electron chi connectivity index (χ3n) is 3.32. The molecule has 3 aromatic rings. The van der Waals surface area contributed by atoms with Crippen LogP contribution < -0.4 is 10.5 Å². The highest BCUT2D eigenvalue weighted by Crippen LogP contribution is 2.33. The van der Waals surface area contributed by atoms with Crippen LogP contribution in [0.3, 0.4) is 0 Å². The zero-order valence-electron chi connectivity index (χ0n) is 11.9. The Hall–Kier alpha value is -2.88. The largest absolute Gasteiger partial charge is 0.488 e. The standard InChI is InChI=1S/C18H15FN2O/c19-14-5-3-4-13(10-14)12-22-18-7-2-1-6-15(18)16-11-21-9-8-17(16)20/h1-11H,12H2,(H2,20,21). The van der Waals surface area contributed by atoms with Gasteiger partial charge in [-0.25, -0.2) is 4.39 Å². The van der Waals surface area contributed by atoms with Crippen molar-refractivity contribution in [1.29, 1.82) is 0 Å². The Bertz CT molecular complexity index is 789. The van der Waals surface area contributed by atoms with Crippen molar-refractivity contribution in [3.8, 4) is 16.9 Å². The lowest BCUT2D eigenvalue weighted by Crippen LogP contribution is -1.98. The summed E-state index contributed by atoms with van der Waals surface area (Å²) in [5.41, 5.74) is 9.09. The van der Waals surface area contributed by atoms with E-state index in [2.05, 4.69) is 4.98 Å². The molecule has 0 saturated heterocycles. The second-order valence-corrected chi connectivity index (χ2v) is 4.88. The van der Waals surface area contributed by atoms with Gasteiger partial charge in [0.2, 0.25) is 0 Å². The van der Waals surface area contributed by atoms with Gasteiger partial charge in [-0.2, -0.15) is 0 Å². The number of aromatic nitrogens is 1. The first-order valence-corrected chi connectivity index (χ1v) is 6.90. The van der Waals surface area contributed by atoms with Crippen molar-refractivity contribution in [3.63, 3.8) is 0 Å². The summed E-state index contributed by atoms with van der Waals surface area (Å²) in [6, 6.07) is 15.7. The van der Waals surface area contributed by atoms with Crippen LogP contribution in [-0.2, 0) is 6.61 Å². The molecule has 1 heterocycles. The number of anilines is 1. The maximum atomic E-state index is 13.2. The van der Waals surface area contributed by atoms with E-state index in [0.717, 1.165) is 16.7 Å². The lowest BCUT2D eigenvalue weighted by atomic mass is 10.1. The molecular weight excluding hydrogens is 279 g/mol. The van der Waals surface area contributed by atoms with Gasteiger partial charge < -0.3 is 10.5 Å². The third-order valence-corrected chi connectivity index (χ3v) is 3.32. The first-order chi connectivity index (χ1) is 10.7. The monoisotopic (exact) mass is 294 g/mol. The first-order valence-electron chi connectivity index (χ1n) is 6.90. The summed E-state index contributed by atoms with van der Waals surface area (Å²) in [4.78, 5) is 4.11. The van der Waals surface area contributed by atoms with Crippen LogP contribution in [0.5, 0.6) is 5.75 Å². The smallest absolute Gasteiger partial charge is 0.127 e. The molecule has 0 unspecified atom stereocenters. The fourth-order valence-corrected chi connectivity index (χ4v) is 2.23. The predicted octanol–water partition coefficient (Wildman–Crippen LogP) is 4.05. The maximum Gasteiger partial charge on any atom is 0.127 e. The van der Waals surface area contributed by atoms with Crippen molar-refractivity contribution >= 4 is 5.69 Å². The number of rotatable bonds is 4. The van der Waals surface area contributed by atoms with Crippen LogP contribution in [0.4, 0.5) is 10.1 Å². The van der Waals surface area contributed by atoms with Gasteiger partial charge in [0.05, 0.1) is 0 Å². The van der Waals surface area contributed by atoms with E-state index in [9.17, 15) is 4.39 Å². The van der Waals surface area contributed by atoms with Gasteiger partial charge in [0.1, 0.15) is 18.2 Å². The van der Waals surface area contributed by atoms with E-state index in [-0.39, 0.29) is 12.4 Å². The van der Waals surface area contributed by atoms with Crippen molar-refractivity contribution in [1.82, 2.24) is 4.98 Å². The van der Waals surface area contributed by atoms with E-state index < -0.39 is 0 Å². The summed E-state index contributed by atoms with van der Waals surface area (Å²) in [6.45, 7) is 0.287. The summed E-state index contributed by atoms with van der Waals surface area (Å²) in [7, 11) is 0. The Balaban J connectivity index is 1.87. The summed E-state index contributed by atoms with van der Waals surface area (Å²) in [5, 5.41) is 0. The SMILES string of the molecule is Nc1ccncc1-c1ccccc1OCc1cccc(F)c1. The van der Waals surface area contributed by atoms with E-state index in [1.54, 1.807) is 24.5 Å². The third kappa shape index (κ3) is 3.06. The number of nitrogens with zero attached hydrogens (tertiary/aromatic N) is 1. The van der Waals surface area contributed by atoms with Crippen molar-refractivity contribution in [3.05, 3.63) is 78.4 Å². The molecule has 0 spiro atoms. The van der Waals surface area contributed by atoms with Crippen molar-refractivity contribution in [2.75, 3.05) is 5.73 Å². The van der Waals surface area contributed by atoms with Gasteiger partial charge in [-0.05, 0) is 29.8 Å². The molecule has 0 amide bonds. The van der Waals surface area contributed by atoms with Crippen molar-refractivity contribution in [2.24, 2.45) is 0 Å². The van der Waals surface area contributed by atoms with Crippen LogP contribution in [0.25, 0.3) is 11.1 Å². The molecule has 0 aliphatic carbocycles. The number of nitrogens with two attached hydrogens (primary N) is 1. The number of benzene rings is 2. The predicted molar refractivity (Wildman–Crippen MR) is 84.8 cm³/mol. The molecule has 22 heavy (non-hydrogen) atoms. The van der Waals surface area contributed by atoms with E-state index in [1.165, 1.54) is 12.1 Å². The van der Waals surface area contributed by atoms with E-state index in [0.29, 0.717) is 11.4 Å². The van der Waals surface area contributed by atoms with Crippen molar-refractivity contribution in [2.45, 2.75) is 6.61 Å². The van der Waals surface area contributed by atoms with Gasteiger partial charge in [0.25, 0.3) is 0 Å². The average Bonchev–Trinajstić information content (AvgIpc) is 2.54. The van der Waals surface area contributed by atoms with Gasteiger partial charge in [-0.15, -0.1) is 0 Å². The highest BCUT2D eigenvalue weighted by atomic mass is 19.1. The number of hydrogen-bond acceptors (Lipinski definition) is 3. The van der Waals surface area contributed by atoms with Crippen LogP contribution in [-0.4, -0.2) is 4.98 Å². The molecule has 4 heteroatoms. The quantitative estimate of drug-likeness (QED) is 0.789. The minimum atomic E-state index is -0.272. The molecule has 110 valence electrons. The zero-order chi connectivity index (χ0) is 15.4. The van der Waals surface area contributed by atoms with Crippen LogP contribution in [0, 0.1) is 5.82 Å². The molecule has 2 aromatic carbocycles. The minimum Gasteiger partial charge on any atom is -0.488 e. The highest BCUT2D eigenvalue weighted by Gasteiger charge is 2.09. The van der Waals surface area contributed by atoms with Crippen LogP contribution >= 0.6 is 0 Å². The molecule has 0 saturated carbocycles. The van der Waals surface area contributed by atoms with Crippen LogP contribution in [0.2, 0.25) is 0 Å². The highest BCUT2D eigenvalue weighted by molar-refractivity contribution is 5.79. The fraction of sp³-hybridized carbons (Fsp3) is 0.0556. The summed E-state index contributed by atoms with van der Waals surface area (Å²) < 4.78 is 19.0. The Labute approximate surface area is 128 Å². The Morgan fingerprint density at radius 3 is 2.68 bits per heavy atom. The van der Waals surface area contributed by atoms with Gasteiger partial charge in [0.15, 0.2) is 0 Å². The van der Waals surface area contributed by atoms with Gasteiger partial charge >= 0.3 is 0 Å². The Morgan fingerprint density at radius 1 is 1.00 bits per heavy atom. The van der Waals surface area contributed by atoms with E-state index in [1.807, 2.05) is 30.3 Å². The zero-order valence-corrected chi connectivity index (χ0v) is 11.9. The molecule has 0 aliphatic rings. The van der Waals surface area contributed by atoms with Gasteiger partial charge in [0, 0.05) is 29.2 Å². The molecule has 1 aromatic heterocycles. The molecule has 0 bridgehead atoms. The molecule has 2 N–H and O–H groups in total. The average molecular weight is 294 g/mol. The molecule has 0 atom stereocenters. The molecule has 3 nitrogen and oxygen atoms in total. The Morgan fingerprint density at radius 2 is 1.86 bits per heavy atom. The number of halogens is 1. The topological polar surface area (TPSA) is 48.1 Å². The van der Waals surface area contributed by atoms with Crippen LogP contribution in [0.15, 0.2) is 67.0 Å². The van der Waals surface area contributed by atoms with Crippen molar-refractivity contribution < 1.29 is 9.13 Å². The molecule has 0 radical (unpaired) electrons. The molecule has 3 rings (SSSR count). The van der Waals surface area contributed by atoms with Gasteiger partial charge in [-0.3, -0.25) is 4.98 Å².